The molecular formula is C14H18ClN5O. The van der Waals surface area contributed by atoms with Crippen LogP contribution < -0.4 is 4.74 Å². The van der Waals surface area contributed by atoms with Crippen LogP contribution in [0.3, 0.4) is 0 Å². The van der Waals surface area contributed by atoms with Crippen molar-refractivity contribution in [3.63, 3.8) is 0 Å². The first kappa shape index (κ1) is 14.3. The standard InChI is InChI=1S/C14H18ClN5O/c1-9-6-10(2)8-11(7-9)21-14-18-12(15)17-13(19-14)20-5-3-4-16-20/h3-5,9-11H,6-8H2,1-2H3. The second-order valence-corrected chi connectivity index (χ2v) is 6.13. The summed E-state index contributed by atoms with van der Waals surface area (Å²) < 4.78 is 7.46. The van der Waals surface area contributed by atoms with Crippen molar-refractivity contribution in [1.82, 2.24) is 24.7 Å². The van der Waals surface area contributed by atoms with Crippen LogP contribution in [0.5, 0.6) is 6.01 Å². The first-order valence-electron chi connectivity index (χ1n) is 7.18. The maximum Gasteiger partial charge on any atom is 0.322 e. The summed E-state index contributed by atoms with van der Waals surface area (Å²) >= 11 is 5.96. The van der Waals surface area contributed by atoms with E-state index in [4.69, 9.17) is 16.3 Å². The average molecular weight is 308 g/mol. The fourth-order valence-electron chi connectivity index (χ4n) is 2.98. The van der Waals surface area contributed by atoms with Crippen LogP contribution in [0.1, 0.15) is 33.1 Å². The number of ether oxygens (including phenoxy) is 1. The van der Waals surface area contributed by atoms with Gasteiger partial charge in [0.1, 0.15) is 6.10 Å². The maximum atomic E-state index is 5.96. The zero-order chi connectivity index (χ0) is 14.8. The van der Waals surface area contributed by atoms with Gasteiger partial charge in [-0.15, -0.1) is 0 Å². The van der Waals surface area contributed by atoms with E-state index >= 15 is 0 Å². The van der Waals surface area contributed by atoms with Crippen LogP contribution in [-0.2, 0) is 0 Å². The van der Waals surface area contributed by atoms with E-state index in [2.05, 4.69) is 33.9 Å². The molecule has 3 rings (SSSR count). The molecule has 0 bridgehead atoms. The fraction of sp³-hybridized carbons (Fsp3) is 0.571. The molecule has 0 amide bonds. The second kappa shape index (κ2) is 5.97. The summed E-state index contributed by atoms with van der Waals surface area (Å²) in [6.45, 7) is 4.50. The van der Waals surface area contributed by atoms with Crippen molar-refractivity contribution >= 4 is 11.6 Å². The number of aromatic nitrogens is 5. The van der Waals surface area contributed by atoms with E-state index < -0.39 is 0 Å². The third kappa shape index (κ3) is 3.50. The number of hydrogen-bond acceptors (Lipinski definition) is 5. The average Bonchev–Trinajstić information content (AvgIpc) is 2.90. The topological polar surface area (TPSA) is 65.7 Å². The van der Waals surface area contributed by atoms with Gasteiger partial charge in [0.2, 0.25) is 5.28 Å². The number of hydrogen-bond donors (Lipinski definition) is 0. The predicted octanol–water partition coefficient (Wildman–Crippen LogP) is 2.91. The lowest BCUT2D eigenvalue weighted by molar-refractivity contribution is 0.0917. The molecule has 0 aliphatic heterocycles. The molecule has 112 valence electrons. The van der Waals surface area contributed by atoms with E-state index in [9.17, 15) is 0 Å². The van der Waals surface area contributed by atoms with E-state index in [1.165, 1.54) is 11.1 Å². The van der Waals surface area contributed by atoms with Gasteiger partial charge in [0.25, 0.3) is 5.95 Å². The summed E-state index contributed by atoms with van der Waals surface area (Å²) in [7, 11) is 0. The van der Waals surface area contributed by atoms with Crippen molar-refractivity contribution in [3.8, 4) is 12.0 Å². The molecular weight excluding hydrogens is 290 g/mol. The van der Waals surface area contributed by atoms with Gasteiger partial charge in [0, 0.05) is 12.4 Å². The first-order valence-corrected chi connectivity index (χ1v) is 7.56. The summed E-state index contributed by atoms with van der Waals surface area (Å²) in [5.74, 6) is 1.68. The van der Waals surface area contributed by atoms with Gasteiger partial charge in [0.05, 0.1) is 0 Å². The number of rotatable bonds is 3. The summed E-state index contributed by atoms with van der Waals surface area (Å²) in [6, 6.07) is 2.06. The molecule has 2 aromatic heterocycles. The van der Waals surface area contributed by atoms with Crippen molar-refractivity contribution < 1.29 is 4.74 Å². The van der Waals surface area contributed by atoms with Crippen LogP contribution in [0.25, 0.3) is 5.95 Å². The normalized spacial score (nSPS) is 25.8. The van der Waals surface area contributed by atoms with E-state index in [-0.39, 0.29) is 17.4 Å². The van der Waals surface area contributed by atoms with Crippen LogP contribution in [0, 0.1) is 11.8 Å². The number of nitrogens with zero attached hydrogens (tertiary/aromatic N) is 5. The van der Waals surface area contributed by atoms with Crippen LogP contribution in [-0.4, -0.2) is 30.8 Å². The maximum absolute atomic E-state index is 5.96. The molecule has 0 radical (unpaired) electrons. The summed E-state index contributed by atoms with van der Waals surface area (Å²) in [6.07, 6.45) is 6.82. The third-order valence-electron chi connectivity index (χ3n) is 3.69. The van der Waals surface area contributed by atoms with Crippen molar-refractivity contribution in [1.29, 1.82) is 0 Å². The Morgan fingerprint density at radius 3 is 2.57 bits per heavy atom. The first-order chi connectivity index (χ1) is 10.1. The molecule has 0 saturated heterocycles. The van der Waals surface area contributed by atoms with E-state index in [0.717, 1.165) is 12.8 Å². The highest BCUT2D eigenvalue weighted by atomic mass is 35.5. The highest BCUT2D eigenvalue weighted by Crippen LogP contribution is 2.30. The molecule has 0 N–H and O–H groups in total. The summed E-state index contributed by atoms with van der Waals surface area (Å²) in [4.78, 5) is 12.4. The van der Waals surface area contributed by atoms with Crippen LogP contribution in [0.2, 0.25) is 5.28 Å². The van der Waals surface area contributed by atoms with E-state index in [1.807, 2.05) is 0 Å². The lowest BCUT2D eigenvalue weighted by atomic mass is 9.82. The Hall–Kier alpha value is -1.69. The molecule has 0 aromatic carbocycles. The molecule has 6 nitrogen and oxygen atoms in total. The molecule has 1 aliphatic rings. The molecule has 1 aliphatic carbocycles. The molecule has 2 aromatic rings. The predicted molar refractivity (Wildman–Crippen MR) is 78.6 cm³/mol. The van der Waals surface area contributed by atoms with Gasteiger partial charge in [-0.3, -0.25) is 0 Å². The zero-order valence-corrected chi connectivity index (χ0v) is 12.9. The Morgan fingerprint density at radius 1 is 1.14 bits per heavy atom. The Labute approximate surface area is 128 Å². The van der Waals surface area contributed by atoms with E-state index in [0.29, 0.717) is 17.8 Å². The highest BCUT2D eigenvalue weighted by molar-refractivity contribution is 6.28. The van der Waals surface area contributed by atoms with Gasteiger partial charge in [-0.2, -0.15) is 20.1 Å². The quantitative estimate of drug-likeness (QED) is 0.872. The molecule has 2 heterocycles. The van der Waals surface area contributed by atoms with Gasteiger partial charge in [-0.25, -0.2) is 4.68 Å². The van der Waals surface area contributed by atoms with Gasteiger partial charge in [-0.05, 0) is 48.8 Å². The highest BCUT2D eigenvalue weighted by Gasteiger charge is 2.26. The SMILES string of the molecule is CC1CC(C)CC(Oc2nc(Cl)nc(-n3cccn3)n2)C1. The Morgan fingerprint density at radius 2 is 1.90 bits per heavy atom. The summed E-state index contributed by atoms with van der Waals surface area (Å²) in [5, 5.41) is 4.20. The fourth-order valence-corrected chi connectivity index (χ4v) is 3.13. The smallest absolute Gasteiger partial charge is 0.322 e. The zero-order valence-electron chi connectivity index (χ0n) is 12.1. The summed E-state index contributed by atoms with van der Waals surface area (Å²) in [5.41, 5.74) is 0. The lowest BCUT2D eigenvalue weighted by Crippen LogP contribution is -2.29. The van der Waals surface area contributed by atoms with Crippen LogP contribution >= 0.6 is 11.6 Å². The Kier molecular flexibility index (Phi) is 4.05. The molecule has 1 fully saturated rings. The monoisotopic (exact) mass is 307 g/mol. The van der Waals surface area contributed by atoms with Crippen LogP contribution in [0.4, 0.5) is 0 Å². The molecule has 2 unspecified atom stereocenters. The molecule has 0 spiro atoms. The molecule has 2 atom stereocenters. The lowest BCUT2D eigenvalue weighted by Gasteiger charge is -2.30. The second-order valence-electron chi connectivity index (χ2n) is 5.79. The minimum atomic E-state index is 0.113. The Balaban J connectivity index is 1.79. The minimum absolute atomic E-state index is 0.113. The van der Waals surface area contributed by atoms with Gasteiger partial charge >= 0.3 is 6.01 Å². The molecule has 1 saturated carbocycles. The molecule has 7 heteroatoms. The Bertz CT molecular complexity index is 593. The van der Waals surface area contributed by atoms with Crippen molar-refractivity contribution in [2.24, 2.45) is 11.8 Å². The van der Waals surface area contributed by atoms with Gasteiger partial charge in [0.15, 0.2) is 0 Å². The molecule has 21 heavy (non-hydrogen) atoms. The van der Waals surface area contributed by atoms with Crippen molar-refractivity contribution in [3.05, 3.63) is 23.7 Å². The van der Waals surface area contributed by atoms with E-state index in [1.54, 1.807) is 18.5 Å². The van der Waals surface area contributed by atoms with Gasteiger partial charge in [-0.1, -0.05) is 13.8 Å². The number of halogens is 1. The third-order valence-corrected chi connectivity index (χ3v) is 3.86. The van der Waals surface area contributed by atoms with Crippen molar-refractivity contribution in [2.45, 2.75) is 39.2 Å². The van der Waals surface area contributed by atoms with Gasteiger partial charge < -0.3 is 4.74 Å². The van der Waals surface area contributed by atoms with Crippen molar-refractivity contribution in [2.75, 3.05) is 0 Å². The minimum Gasteiger partial charge on any atom is -0.460 e. The largest absolute Gasteiger partial charge is 0.460 e. The van der Waals surface area contributed by atoms with Crippen LogP contribution in [0.15, 0.2) is 18.5 Å².